The smallest absolute Gasteiger partial charge is 0.311 e. The van der Waals surface area contributed by atoms with Crippen LogP contribution >= 0.6 is 11.6 Å². The highest BCUT2D eigenvalue weighted by Gasteiger charge is 2.41. The summed E-state index contributed by atoms with van der Waals surface area (Å²) in [4.78, 5) is 0. The van der Waals surface area contributed by atoms with Crippen LogP contribution in [-0.2, 0) is 17.8 Å². The van der Waals surface area contributed by atoms with Crippen LogP contribution in [0.25, 0.3) is 0 Å². The van der Waals surface area contributed by atoms with Crippen LogP contribution in [0, 0.1) is 11.2 Å². The first kappa shape index (κ1) is 27.7. The lowest BCUT2D eigenvalue weighted by atomic mass is 9.82. The minimum absolute atomic E-state index is 0.0731. The van der Waals surface area contributed by atoms with Crippen molar-refractivity contribution in [2.24, 2.45) is 9.81 Å². The molecule has 174 valence electrons. The molecule has 0 radical (unpaired) electrons. The highest BCUT2D eigenvalue weighted by atomic mass is 35.5. The van der Waals surface area contributed by atoms with Crippen LogP contribution < -0.4 is 0 Å². The third kappa shape index (κ3) is 8.24. The molecule has 0 saturated carbocycles. The molecule has 0 aliphatic heterocycles. The van der Waals surface area contributed by atoms with E-state index >= 15 is 0 Å². The summed E-state index contributed by atoms with van der Waals surface area (Å²) >= 11 is 4.26. The zero-order valence-corrected chi connectivity index (χ0v) is 19.9. The molecule has 0 amide bonds. The minimum Gasteiger partial charge on any atom is -0.591 e. The normalized spacial score (nSPS) is 15.8. The first-order valence-corrected chi connectivity index (χ1v) is 11.0. The van der Waals surface area contributed by atoms with E-state index in [2.05, 4.69) is 4.40 Å². The van der Waals surface area contributed by atoms with E-state index in [1.54, 1.807) is 59.8 Å². The highest BCUT2D eigenvalue weighted by molar-refractivity contribution is 7.91. The van der Waals surface area contributed by atoms with E-state index in [0.29, 0.717) is 5.03 Å². The molecule has 0 spiro atoms. The summed E-state index contributed by atoms with van der Waals surface area (Å²) in [5.41, 5.74) is -1.04. The first-order valence-electron chi connectivity index (χ1n) is 9.47. The quantitative estimate of drug-likeness (QED) is 0.166. The standard InChI is InChI=1S/C22H27ClF5NOS/c1-7-16(23)8-9-21(5,6)18(29-31(30)20(2,3)4)15-10-14(11-17(24)12-15)13-22(27,28)19(25)26/h7-12,19H,13H2,1-6H3/b9-8-,16-7+,29-18-/t31-/m0/s1. The van der Waals surface area contributed by atoms with E-state index in [4.69, 9.17) is 11.6 Å². The number of hydrogen-bond donors (Lipinski definition) is 0. The van der Waals surface area contributed by atoms with Gasteiger partial charge in [-0.25, -0.2) is 13.2 Å². The van der Waals surface area contributed by atoms with Gasteiger partial charge in [-0.2, -0.15) is 8.78 Å². The lowest BCUT2D eigenvalue weighted by molar-refractivity contribution is -0.127. The lowest BCUT2D eigenvalue weighted by Crippen LogP contribution is -2.31. The topological polar surface area (TPSA) is 35.4 Å². The second kappa shape index (κ2) is 10.5. The van der Waals surface area contributed by atoms with Gasteiger partial charge in [0.1, 0.15) is 27.6 Å². The van der Waals surface area contributed by atoms with Crippen molar-refractivity contribution in [2.45, 2.75) is 65.1 Å². The Hall–Kier alpha value is -1.38. The van der Waals surface area contributed by atoms with Crippen molar-refractivity contribution in [3.8, 4) is 0 Å². The number of halogens is 6. The maximum absolute atomic E-state index is 14.3. The Morgan fingerprint density at radius 3 is 2.23 bits per heavy atom. The molecule has 0 aliphatic rings. The molecule has 0 N–H and O–H groups in total. The number of nitrogens with zero attached hydrogens (tertiary/aromatic N) is 1. The fourth-order valence-corrected chi connectivity index (χ4v) is 3.31. The Kier molecular flexibility index (Phi) is 9.36. The summed E-state index contributed by atoms with van der Waals surface area (Å²) < 4.78 is 82.9. The van der Waals surface area contributed by atoms with Gasteiger partial charge in [0, 0.05) is 22.4 Å². The van der Waals surface area contributed by atoms with Crippen LogP contribution in [0.2, 0.25) is 0 Å². The highest BCUT2D eigenvalue weighted by Crippen LogP contribution is 2.32. The third-order valence-corrected chi connectivity index (χ3v) is 5.97. The average Bonchev–Trinajstić information content (AvgIpc) is 2.61. The molecule has 1 aromatic carbocycles. The SMILES string of the molecule is C/C=C(Cl)\C=C/C(C)(C)/C(=N\[S@@+]([O-])C(C)(C)C)c1cc(F)cc(CC(F)(F)C(F)F)c1. The maximum atomic E-state index is 14.3. The Morgan fingerprint density at radius 1 is 1.16 bits per heavy atom. The van der Waals surface area contributed by atoms with E-state index in [1.807, 2.05) is 0 Å². The van der Waals surface area contributed by atoms with E-state index in [9.17, 15) is 26.5 Å². The van der Waals surface area contributed by atoms with Gasteiger partial charge in [-0.15, -0.1) is 0 Å². The molecule has 0 aliphatic carbocycles. The molecule has 0 heterocycles. The molecule has 1 rings (SSSR count). The van der Waals surface area contributed by atoms with E-state index in [0.717, 1.165) is 12.1 Å². The monoisotopic (exact) mass is 483 g/mol. The molecule has 9 heteroatoms. The molecule has 0 fully saturated rings. The molecular weight excluding hydrogens is 457 g/mol. The van der Waals surface area contributed by atoms with E-state index in [-0.39, 0.29) is 16.8 Å². The van der Waals surface area contributed by atoms with E-state index < -0.39 is 46.1 Å². The molecule has 31 heavy (non-hydrogen) atoms. The van der Waals surface area contributed by atoms with Crippen LogP contribution in [0.15, 0.2) is 45.9 Å². The second-order valence-corrected chi connectivity index (χ2v) is 11.0. The van der Waals surface area contributed by atoms with Gasteiger partial charge in [0.2, 0.25) is 0 Å². The predicted octanol–water partition coefficient (Wildman–Crippen LogP) is 7.24. The molecule has 0 aromatic heterocycles. The van der Waals surface area contributed by atoms with Crippen LogP contribution in [0.1, 0.15) is 52.7 Å². The summed E-state index contributed by atoms with van der Waals surface area (Å²) in [7, 11) is 0. The van der Waals surface area contributed by atoms with Gasteiger partial charge < -0.3 is 4.55 Å². The van der Waals surface area contributed by atoms with Gasteiger partial charge in [-0.1, -0.05) is 42.0 Å². The Bertz CT molecular complexity index is 860. The van der Waals surface area contributed by atoms with Crippen molar-refractivity contribution in [2.75, 3.05) is 0 Å². The van der Waals surface area contributed by atoms with Crippen LogP contribution in [-0.4, -0.2) is 27.4 Å². The lowest BCUT2D eigenvalue weighted by Gasteiger charge is -2.26. The largest absolute Gasteiger partial charge is 0.591 e. The van der Waals surface area contributed by atoms with Crippen LogP contribution in [0.4, 0.5) is 22.0 Å². The maximum Gasteiger partial charge on any atom is 0.311 e. The van der Waals surface area contributed by atoms with E-state index in [1.165, 1.54) is 6.07 Å². The Morgan fingerprint density at radius 2 is 1.74 bits per heavy atom. The predicted molar refractivity (Wildman–Crippen MR) is 118 cm³/mol. The van der Waals surface area contributed by atoms with Gasteiger partial charge in [-0.05, 0) is 57.5 Å². The fourth-order valence-electron chi connectivity index (χ4n) is 2.46. The van der Waals surface area contributed by atoms with Gasteiger partial charge in [-0.3, -0.25) is 0 Å². The van der Waals surface area contributed by atoms with Crippen molar-refractivity contribution in [3.63, 3.8) is 0 Å². The molecular formula is C22H27ClF5NOS. The summed E-state index contributed by atoms with van der Waals surface area (Å²) in [6.45, 7) is 10.2. The van der Waals surface area contributed by atoms with Gasteiger partial charge in [0.25, 0.3) is 0 Å². The average molecular weight is 484 g/mol. The number of alkyl halides is 4. The Labute approximate surface area is 188 Å². The number of hydrogen-bond acceptors (Lipinski definition) is 2. The molecule has 2 nitrogen and oxygen atoms in total. The zero-order chi connectivity index (χ0) is 24.2. The van der Waals surface area contributed by atoms with Crippen LogP contribution in [0.5, 0.6) is 0 Å². The van der Waals surface area contributed by atoms with Gasteiger partial charge >= 0.3 is 12.3 Å². The minimum atomic E-state index is -4.31. The summed E-state index contributed by atoms with van der Waals surface area (Å²) in [6.07, 6.45) is -0.339. The summed E-state index contributed by atoms with van der Waals surface area (Å²) in [6, 6.07) is 3.00. The Balaban J connectivity index is 3.63. The zero-order valence-electron chi connectivity index (χ0n) is 18.3. The first-order chi connectivity index (χ1) is 14.0. The fraction of sp³-hybridized carbons (Fsp3) is 0.500. The van der Waals surface area contributed by atoms with Gasteiger partial charge in [0.05, 0.1) is 0 Å². The number of allylic oxidation sites excluding steroid dienone is 4. The summed E-state index contributed by atoms with van der Waals surface area (Å²) in [5.74, 6) is -5.20. The molecule has 0 bridgehead atoms. The summed E-state index contributed by atoms with van der Waals surface area (Å²) in [5, 5.41) is 0.417. The van der Waals surface area contributed by atoms with Crippen LogP contribution in [0.3, 0.4) is 0 Å². The van der Waals surface area contributed by atoms with Crippen molar-refractivity contribution in [3.05, 3.63) is 58.4 Å². The molecule has 1 aromatic rings. The van der Waals surface area contributed by atoms with Crippen molar-refractivity contribution < 1.29 is 26.5 Å². The van der Waals surface area contributed by atoms with Crippen molar-refractivity contribution in [1.82, 2.24) is 0 Å². The molecule has 0 unspecified atom stereocenters. The number of benzene rings is 1. The van der Waals surface area contributed by atoms with Crippen molar-refractivity contribution >= 4 is 28.7 Å². The second-order valence-electron chi connectivity index (χ2n) is 8.62. The third-order valence-electron chi connectivity index (χ3n) is 4.23. The van der Waals surface area contributed by atoms with Gasteiger partial charge in [0.15, 0.2) is 0 Å². The number of rotatable bonds is 8. The van der Waals surface area contributed by atoms with Crippen molar-refractivity contribution in [1.29, 1.82) is 0 Å². The molecule has 1 atom stereocenters. The molecule has 0 saturated heterocycles.